The average Bonchev–Trinajstić information content (AvgIpc) is 3.51. The lowest BCUT2D eigenvalue weighted by molar-refractivity contribution is 0.0943. The average molecular weight is 425 g/mol. The number of benzene rings is 1. The van der Waals surface area contributed by atoms with E-state index in [0.29, 0.717) is 22.9 Å². The summed E-state index contributed by atoms with van der Waals surface area (Å²) < 4.78 is 18.5. The molecule has 9 heteroatoms. The normalized spacial score (nSPS) is 15.9. The summed E-state index contributed by atoms with van der Waals surface area (Å²) in [4.78, 5) is 14.3. The Kier molecular flexibility index (Phi) is 6.03. The molecular weight excluding hydrogens is 398 g/mol. The van der Waals surface area contributed by atoms with Crippen LogP contribution in [-0.4, -0.2) is 57.5 Å². The Morgan fingerprint density at radius 2 is 2.00 bits per heavy atom. The molecule has 0 N–H and O–H groups in total. The van der Waals surface area contributed by atoms with Gasteiger partial charge in [0.2, 0.25) is 5.82 Å². The van der Waals surface area contributed by atoms with Gasteiger partial charge in [-0.25, -0.2) is 0 Å². The van der Waals surface area contributed by atoms with Crippen LogP contribution in [0.3, 0.4) is 0 Å². The number of Topliss-reactive ketones (excluding diaryl/α,β-unsaturated/α-hetero) is 1. The number of ketones is 1. The van der Waals surface area contributed by atoms with Gasteiger partial charge in [-0.3, -0.25) is 4.79 Å². The van der Waals surface area contributed by atoms with Crippen LogP contribution in [0.15, 0.2) is 24.3 Å². The molecule has 0 spiro atoms. The van der Waals surface area contributed by atoms with Crippen LogP contribution >= 0.6 is 0 Å². The van der Waals surface area contributed by atoms with Crippen LogP contribution in [0.4, 0.5) is 0 Å². The predicted molar refractivity (Wildman–Crippen MR) is 114 cm³/mol. The number of carbonyl (C=O) groups is 1. The van der Waals surface area contributed by atoms with Gasteiger partial charge in [0.1, 0.15) is 6.54 Å². The summed E-state index contributed by atoms with van der Waals surface area (Å²) in [6.45, 7) is 5.59. The lowest BCUT2D eigenvalue weighted by atomic mass is 10.1. The largest absolute Gasteiger partial charge is 0.493 e. The molecule has 0 unspecified atom stereocenters. The number of rotatable bonds is 8. The molecule has 1 atom stereocenters. The molecule has 2 aromatic heterocycles. The molecule has 0 saturated carbocycles. The summed E-state index contributed by atoms with van der Waals surface area (Å²) in [7, 11) is 3.15. The zero-order valence-corrected chi connectivity index (χ0v) is 18.3. The van der Waals surface area contributed by atoms with Gasteiger partial charge in [-0.1, -0.05) is 0 Å². The van der Waals surface area contributed by atoms with Crippen LogP contribution in [0, 0.1) is 13.8 Å². The van der Waals surface area contributed by atoms with Gasteiger partial charge in [0.15, 0.2) is 17.3 Å². The third kappa shape index (κ3) is 4.32. The minimum Gasteiger partial charge on any atom is -0.493 e. The molecule has 3 heterocycles. The fourth-order valence-corrected chi connectivity index (χ4v) is 3.97. The highest BCUT2D eigenvalue weighted by molar-refractivity contribution is 5.97. The molecule has 3 aromatic rings. The fourth-order valence-electron chi connectivity index (χ4n) is 3.97. The van der Waals surface area contributed by atoms with E-state index in [4.69, 9.17) is 14.2 Å². The van der Waals surface area contributed by atoms with Crippen molar-refractivity contribution in [2.45, 2.75) is 45.9 Å². The summed E-state index contributed by atoms with van der Waals surface area (Å²) in [5.41, 5.74) is 3.40. The molecule has 4 rings (SSSR count). The van der Waals surface area contributed by atoms with Crippen molar-refractivity contribution < 1.29 is 19.0 Å². The molecule has 9 nitrogen and oxygen atoms in total. The molecule has 0 amide bonds. The molecule has 0 bridgehead atoms. The van der Waals surface area contributed by atoms with Crippen LogP contribution in [-0.2, 0) is 17.8 Å². The second-order valence-corrected chi connectivity index (χ2v) is 7.67. The zero-order chi connectivity index (χ0) is 22.0. The van der Waals surface area contributed by atoms with Crippen LogP contribution in [0.5, 0.6) is 11.5 Å². The number of aryl methyl sites for hydroxylation is 1. The molecule has 31 heavy (non-hydrogen) atoms. The van der Waals surface area contributed by atoms with Crippen molar-refractivity contribution in [3.63, 3.8) is 0 Å². The number of hydrogen-bond donors (Lipinski definition) is 0. The van der Waals surface area contributed by atoms with E-state index in [1.165, 1.54) is 4.80 Å². The van der Waals surface area contributed by atoms with Gasteiger partial charge in [-0.15, -0.1) is 10.2 Å². The summed E-state index contributed by atoms with van der Waals surface area (Å²) in [5, 5.41) is 12.5. The minimum absolute atomic E-state index is 0.0184. The Morgan fingerprint density at radius 1 is 1.19 bits per heavy atom. The van der Waals surface area contributed by atoms with Gasteiger partial charge < -0.3 is 18.8 Å². The number of aromatic nitrogens is 5. The quantitative estimate of drug-likeness (QED) is 0.512. The molecule has 1 fully saturated rings. The SMILES string of the molecule is COc1ccc(-c2nnn(CC(=O)c3cc(C)n(C[C@@H]4CCCO4)c3C)n2)cc1OC. The highest BCUT2D eigenvalue weighted by Crippen LogP contribution is 2.30. The first-order valence-electron chi connectivity index (χ1n) is 10.3. The second kappa shape index (κ2) is 8.89. The third-order valence-corrected chi connectivity index (χ3v) is 5.66. The van der Waals surface area contributed by atoms with Crippen LogP contribution in [0.1, 0.15) is 34.6 Å². The van der Waals surface area contributed by atoms with E-state index in [1.54, 1.807) is 26.4 Å². The lowest BCUT2D eigenvalue weighted by Crippen LogP contribution is -2.18. The van der Waals surface area contributed by atoms with E-state index in [9.17, 15) is 4.79 Å². The van der Waals surface area contributed by atoms with E-state index < -0.39 is 0 Å². The molecule has 1 aliphatic heterocycles. The minimum atomic E-state index is -0.0528. The monoisotopic (exact) mass is 425 g/mol. The van der Waals surface area contributed by atoms with E-state index in [-0.39, 0.29) is 18.4 Å². The first kappa shape index (κ1) is 21.0. The number of methoxy groups -OCH3 is 2. The van der Waals surface area contributed by atoms with Gasteiger partial charge in [0, 0.05) is 35.7 Å². The maximum absolute atomic E-state index is 13.0. The highest BCUT2D eigenvalue weighted by Gasteiger charge is 2.22. The Hall–Kier alpha value is -3.20. The van der Waals surface area contributed by atoms with Gasteiger partial charge in [0.05, 0.1) is 20.3 Å². The summed E-state index contributed by atoms with van der Waals surface area (Å²) >= 11 is 0. The van der Waals surface area contributed by atoms with Gasteiger partial charge in [0.25, 0.3) is 0 Å². The third-order valence-electron chi connectivity index (χ3n) is 5.66. The molecule has 0 radical (unpaired) electrons. The number of tetrazole rings is 1. The maximum atomic E-state index is 13.0. The van der Waals surface area contributed by atoms with Crippen LogP contribution in [0.2, 0.25) is 0 Å². The summed E-state index contributed by atoms with van der Waals surface area (Å²) in [6, 6.07) is 7.31. The van der Waals surface area contributed by atoms with Gasteiger partial charge in [-0.05, 0) is 56.2 Å². The van der Waals surface area contributed by atoms with Crippen molar-refractivity contribution in [2.75, 3.05) is 20.8 Å². The standard InChI is InChI=1S/C22H27N5O4/c1-14-10-18(15(2)26(14)12-17-6-5-9-31-17)19(28)13-27-24-22(23-25-27)16-7-8-20(29-3)21(11-16)30-4/h7-8,10-11,17H,5-6,9,12-13H2,1-4H3/t17-/m0/s1. The van der Waals surface area contributed by atoms with Crippen molar-refractivity contribution in [1.82, 2.24) is 24.8 Å². The Balaban J connectivity index is 1.49. The molecular formula is C22H27N5O4. The lowest BCUT2D eigenvalue weighted by Gasteiger charge is -2.14. The van der Waals surface area contributed by atoms with Crippen molar-refractivity contribution >= 4 is 5.78 Å². The molecule has 0 aliphatic carbocycles. The molecule has 1 aromatic carbocycles. The van der Waals surface area contributed by atoms with E-state index in [0.717, 1.165) is 42.9 Å². The summed E-state index contributed by atoms with van der Waals surface area (Å²) in [6.07, 6.45) is 2.37. The van der Waals surface area contributed by atoms with E-state index in [1.807, 2.05) is 26.0 Å². The first-order chi connectivity index (χ1) is 15.0. The Bertz CT molecular complexity index is 1080. The highest BCUT2D eigenvalue weighted by atomic mass is 16.5. The topological polar surface area (TPSA) is 93.3 Å². The number of ether oxygens (including phenoxy) is 3. The van der Waals surface area contributed by atoms with E-state index in [2.05, 4.69) is 20.0 Å². The predicted octanol–water partition coefficient (Wildman–Crippen LogP) is 2.84. The van der Waals surface area contributed by atoms with Crippen molar-refractivity contribution in [2.24, 2.45) is 0 Å². The van der Waals surface area contributed by atoms with Gasteiger partial charge >= 0.3 is 0 Å². The first-order valence-corrected chi connectivity index (χ1v) is 10.3. The second-order valence-electron chi connectivity index (χ2n) is 7.67. The van der Waals surface area contributed by atoms with Crippen molar-refractivity contribution in [1.29, 1.82) is 0 Å². The Morgan fingerprint density at radius 3 is 2.71 bits per heavy atom. The van der Waals surface area contributed by atoms with Crippen LogP contribution in [0.25, 0.3) is 11.4 Å². The van der Waals surface area contributed by atoms with E-state index >= 15 is 0 Å². The van der Waals surface area contributed by atoms with Crippen LogP contribution < -0.4 is 9.47 Å². The molecule has 1 aliphatic rings. The zero-order valence-electron chi connectivity index (χ0n) is 18.3. The number of carbonyl (C=O) groups excluding carboxylic acids is 1. The smallest absolute Gasteiger partial charge is 0.205 e. The molecule has 1 saturated heterocycles. The van der Waals surface area contributed by atoms with Crippen molar-refractivity contribution in [3.05, 3.63) is 41.2 Å². The van der Waals surface area contributed by atoms with Gasteiger partial charge in [-0.2, -0.15) is 4.80 Å². The summed E-state index contributed by atoms with van der Waals surface area (Å²) in [5.74, 6) is 1.55. The number of hydrogen-bond acceptors (Lipinski definition) is 7. The maximum Gasteiger partial charge on any atom is 0.205 e. The molecule has 164 valence electrons. The van der Waals surface area contributed by atoms with Crippen molar-refractivity contribution in [3.8, 4) is 22.9 Å². The number of nitrogens with zero attached hydrogens (tertiary/aromatic N) is 5. The Labute approximate surface area is 180 Å². The fraction of sp³-hybridized carbons (Fsp3) is 0.455.